The molecule has 0 saturated carbocycles. The third kappa shape index (κ3) is 4.26. The van der Waals surface area contributed by atoms with Crippen LogP contribution in [0, 0.1) is 0 Å². The zero-order valence-electron chi connectivity index (χ0n) is 9.88. The second-order valence-electron chi connectivity index (χ2n) is 3.77. The fourth-order valence-electron chi connectivity index (χ4n) is 1.52. The molecule has 1 aromatic heterocycles. The first-order valence-corrected chi connectivity index (χ1v) is 7.06. The van der Waals surface area contributed by atoms with Gasteiger partial charge in [-0.1, -0.05) is 30.3 Å². The van der Waals surface area contributed by atoms with Crippen LogP contribution in [0.5, 0.6) is 0 Å². The first-order valence-electron chi connectivity index (χ1n) is 5.65. The topological polar surface area (TPSA) is 22.1 Å². The van der Waals surface area contributed by atoms with E-state index in [4.69, 9.17) is 16.3 Å². The molecule has 0 fully saturated rings. The summed E-state index contributed by atoms with van der Waals surface area (Å²) < 4.78 is 5.57. The van der Waals surface area contributed by atoms with Gasteiger partial charge in [-0.3, -0.25) is 4.98 Å². The lowest BCUT2D eigenvalue weighted by Crippen LogP contribution is -1.93. The molecule has 2 rings (SSSR count). The van der Waals surface area contributed by atoms with E-state index in [2.05, 4.69) is 11.1 Å². The van der Waals surface area contributed by atoms with Crippen LogP contribution in [0.4, 0.5) is 0 Å². The monoisotopic (exact) mass is 279 g/mol. The molecular weight excluding hydrogens is 266 g/mol. The number of nitrogens with zero attached hydrogens (tertiary/aromatic N) is 1. The number of hydrogen-bond acceptors (Lipinski definition) is 3. The summed E-state index contributed by atoms with van der Waals surface area (Å²) >= 11 is 7.40. The van der Waals surface area contributed by atoms with Crippen LogP contribution in [0.2, 0.25) is 0 Å². The number of benzene rings is 1. The Balaban J connectivity index is 1.75. The minimum Gasteiger partial charge on any atom is -0.373 e. The van der Waals surface area contributed by atoms with E-state index in [1.807, 2.05) is 42.1 Å². The molecule has 0 saturated heterocycles. The number of thiazole rings is 1. The van der Waals surface area contributed by atoms with Crippen molar-refractivity contribution in [2.45, 2.75) is 12.5 Å². The van der Waals surface area contributed by atoms with Crippen LogP contribution in [0.25, 0.3) is 6.08 Å². The zero-order valence-corrected chi connectivity index (χ0v) is 11.5. The van der Waals surface area contributed by atoms with Gasteiger partial charge in [0.1, 0.15) is 0 Å². The molecule has 2 aromatic rings. The Labute approximate surface area is 116 Å². The van der Waals surface area contributed by atoms with Gasteiger partial charge in [-0.2, -0.15) is 0 Å². The Bertz CT molecular complexity index is 496. The van der Waals surface area contributed by atoms with Crippen molar-refractivity contribution >= 4 is 29.0 Å². The van der Waals surface area contributed by atoms with Crippen molar-refractivity contribution in [3.63, 3.8) is 0 Å². The number of hydrogen-bond donors (Lipinski definition) is 0. The van der Waals surface area contributed by atoms with Crippen LogP contribution in [0.1, 0.15) is 16.0 Å². The molecule has 0 spiro atoms. The van der Waals surface area contributed by atoms with Gasteiger partial charge in [0.25, 0.3) is 0 Å². The lowest BCUT2D eigenvalue weighted by molar-refractivity contribution is 0.149. The quantitative estimate of drug-likeness (QED) is 0.586. The van der Waals surface area contributed by atoms with Crippen molar-refractivity contribution in [2.75, 3.05) is 6.61 Å². The minimum atomic E-state index is 0.541. The largest absolute Gasteiger partial charge is 0.373 e. The van der Waals surface area contributed by atoms with Crippen LogP contribution < -0.4 is 0 Å². The SMILES string of the molecule is ClCc1cccc(COCC=Cc2cncs2)c1. The summed E-state index contributed by atoms with van der Waals surface area (Å²) in [6, 6.07) is 8.13. The average molecular weight is 280 g/mol. The van der Waals surface area contributed by atoms with Gasteiger partial charge in [0.15, 0.2) is 0 Å². The molecule has 18 heavy (non-hydrogen) atoms. The predicted molar refractivity (Wildman–Crippen MR) is 76.8 cm³/mol. The van der Waals surface area contributed by atoms with E-state index in [0.29, 0.717) is 19.1 Å². The second-order valence-corrected chi connectivity index (χ2v) is 4.96. The summed E-state index contributed by atoms with van der Waals surface area (Å²) in [6.07, 6.45) is 5.86. The zero-order chi connectivity index (χ0) is 12.6. The highest BCUT2D eigenvalue weighted by molar-refractivity contribution is 7.10. The molecule has 0 aliphatic carbocycles. The van der Waals surface area contributed by atoms with Gasteiger partial charge in [0, 0.05) is 17.0 Å². The summed E-state index contributed by atoms with van der Waals surface area (Å²) in [5, 5.41) is 0. The molecule has 0 bridgehead atoms. The standard InChI is InChI=1S/C14H14ClNOS/c15-8-12-3-1-4-13(7-12)10-17-6-2-5-14-9-16-11-18-14/h1-5,7,9,11H,6,8,10H2. The highest BCUT2D eigenvalue weighted by Crippen LogP contribution is 2.10. The fraction of sp³-hybridized carbons (Fsp3) is 0.214. The predicted octanol–water partition coefficient (Wildman–Crippen LogP) is 4.11. The summed E-state index contributed by atoms with van der Waals surface area (Å²) in [5.41, 5.74) is 4.09. The number of alkyl halides is 1. The Morgan fingerprint density at radius 2 is 2.22 bits per heavy atom. The van der Waals surface area contributed by atoms with Crippen molar-refractivity contribution in [1.82, 2.24) is 4.98 Å². The van der Waals surface area contributed by atoms with Crippen molar-refractivity contribution < 1.29 is 4.74 Å². The molecule has 0 amide bonds. The lowest BCUT2D eigenvalue weighted by atomic mass is 10.1. The summed E-state index contributed by atoms with van der Waals surface area (Å²) in [5.74, 6) is 0.541. The molecular formula is C14H14ClNOS. The number of halogens is 1. The van der Waals surface area contributed by atoms with Crippen molar-refractivity contribution in [1.29, 1.82) is 0 Å². The molecule has 0 radical (unpaired) electrons. The highest BCUT2D eigenvalue weighted by atomic mass is 35.5. The van der Waals surface area contributed by atoms with Gasteiger partial charge in [-0.25, -0.2) is 0 Å². The molecule has 94 valence electrons. The normalized spacial score (nSPS) is 11.2. The van der Waals surface area contributed by atoms with Crippen LogP contribution in [-0.2, 0) is 17.2 Å². The van der Waals surface area contributed by atoms with Crippen LogP contribution >= 0.6 is 22.9 Å². The molecule has 0 aliphatic rings. The van der Waals surface area contributed by atoms with Crippen molar-refractivity contribution in [2.24, 2.45) is 0 Å². The summed E-state index contributed by atoms with van der Waals surface area (Å²) in [7, 11) is 0. The first-order chi connectivity index (χ1) is 8.88. The van der Waals surface area contributed by atoms with Gasteiger partial charge in [-0.05, 0) is 17.2 Å². The average Bonchev–Trinajstić information content (AvgIpc) is 2.92. The van der Waals surface area contributed by atoms with Crippen LogP contribution in [0.3, 0.4) is 0 Å². The Morgan fingerprint density at radius 3 is 3.00 bits per heavy atom. The Kier molecular flexibility index (Phi) is 5.39. The molecule has 1 heterocycles. The minimum absolute atomic E-state index is 0.541. The fourth-order valence-corrected chi connectivity index (χ4v) is 2.23. The summed E-state index contributed by atoms with van der Waals surface area (Å²) in [4.78, 5) is 5.14. The van der Waals surface area contributed by atoms with E-state index < -0.39 is 0 Å². The van der Waals surface area contributed by atoms with E-state index in [-0.39, 0.29) is 0 Å². The van der Waals surface area contributed by atoms with Crippen LogP contribution in [0.15, 0.2) is 42.0 Å². The summed E-state index contributed by atoms with van der Waals surface area (Å²) in [6.45, 7) is 1.21. The van der Waals surface area contributed by atoms with Gasteiger partial charge in [-0.15, -0.1) is 22.9 Å². The number of aromatic nitrogens is 1. The Hall–Kier alpha value is -1.16. The van der Waals surface area contributed by atoms with Gasteiger partial charge in [0.2, 0.25) is 0 Å². The highest BCUT2D eigenvalue weighted by Gasteiger charge is 1.95. The van der Waals surface area contributed by atoms with Crippen molar-refractivity contribution in [3.8, 4) is 0 Å². The molecule has 0 unspecified atom stereocenters. The molecule has 0 aliphatic heterocycles. The van der Waals surface area contributed by atoms with E-state index in [1.165, 1.54) is 0 Å². The number of ether oxygens (including phenoxy) is 1. The Morgan fingerprint density at radius 1 is 1.33 bits per heavy atom. The first kappa shape index (κ1) is 13.3. The maximum atomic E-state index is 5.78. The van der Waals surface area contributed by atoms with E-state index in [0.717, 1.165) is 16.0 Å². The van der Waals surface area contributed by atoms with Gasteiger partial charge >= 0.3 is 0 Å². The molecule has 0 N–H and O–H groups in total. The van der Waals surface area contributed by atoms with E-state index >= 15 is 0 Å². The third-order valence-corrected chi connectivity index (χ3v) is 3.41. The van der Waals surface area contributed by atoms with Gasteiger partial charge < -0.3 is 4.74 Å². The van der Waals surface area contributed by atoms with E-state index in [1.54, 1.807) is 11.3 Å². The maximum absolute atomic E-state index is 5.78. The molecule has 2 nitrogen and oxygen atoms in total. The molecule has 0 atom stereocenters. The van der Waals surface area contributed by atoms with Gasteiger partial charge in [0.05, 0.1) is 18.7 Å². The third-order valence-electron chi connectivity index (χ3n) is 2.36. The number of rotatable bonds is 6. The van der Waals surface area contributed by atoms with E-state index in [9.17, 15) is 0 Å². The smallest absolute Gasteiger partial charge is 0.0797 e. The van der Waals surface area contributed by atoms with Crippen molar-refractivity contribution in [3.05, 3.63) is 58.1 Å². The molecule has 4 heteroatoms. The second kappa shape index (κ2) is 7.31. The molecule has 1 aromatic carbocycles. The lowest BCUT2D eigenvalue weighted by Gasteiger charge is -2.03. The van der Waals surface area contributed by atoms with Crippen LogP contribution in [-0.4, -0.2) is 11.6 Å². The maximum Gasteiger partial charge on any atom is 0.0797 e.